The van der Waals surface area contributed by atoms with E-state index in [0.717, 1.165) is 23.2 Å². The summed E-state index contributed by atoms with van der Waals surface area (Å²) in [6.07, 6.45) is 3.68. The van der Waals surface area contributed by atoms with Crippen LogP contribution in [-0.2, 0) is 11.5 Å². The van der Waals surface area contributed by atoms with E-state index in [-0.39, 0.29) is 0 Å². The largest absolute Gasteiger partial charge is 0.361 e. The summed E-state index contributed by atoms with van der Waals surface area (Å²) in [4.78, 5) is 4.40. The lowest BCUT2D eigenvalue weighted by Crippen LogP contribution is -2.21. The minimum absolute atomic E-state index is 0.578. The molecule has 2 rings (SSSR count). The molecule has 0 bridgehead atoms. The van der Waals surface area contributed by atoms with Gasteiger partial charge in [-0.05, 0) is 23.7 Å². The lowest BCUT2D eigenvalue weighted by Gasteiger charge is -2.15. The Hall–Kier alpha value is -1.39. The summed E-state index contributed by atoms with van der Waals surface area (Å²) >= 11 is 0. The highest BCUT2D eigenvalue weighted by atomic mass is 28.3. The van der Waals surface area contributed by atoms with E-state index < -0.39 is 8.07 Å². The first kappa shape index (κ1) is 14.0. The first-order valence-corrected chi connectivity index (χ1v) is 10.4. The molecule has 0 saturated carbocycles. The zero-order valence-electron chi connectivity index (χ0n) is 12.0. The molecule has 0 aliphatic carbocycles. The van der Waals surface area contributed by atoms with Gasteiger partial charge in [0.2, 0.25) is 0 Å². The number of fused-ring (bicyclic) bond motifs is 1. The first-order valence-electron chi connectivity index (χ1n) is 6.65. The molecule has 0 fully saturated rings. The van der Waals surface area contributed by atoms with Crippen LogP contribution in [0, 0.1) is 0 Å². The zero-order valence-corrected chi connectivity index (χ0v) is 13.0. The van der Waals surface area contributed by atoms with Crippen molar-refractivity contribution in [3.63, 3.8) is 0 Å². The van der Waals surface area contributed by atoms with Crippen LogP contribution in [0.2, 0.25) is 25.7 Å². The Morgan fingerprint density at radius 1 is 1.37 bits per heavy atom. The van der Waals surface area contributed by atoms with Gasteiger partial charge in [0.1, 0.15) is 6.73 Å². The summed E-state index contributed by atoms with van der Waals surface area (Å²) < 4.78 is 7.80. The molecule has 0 atom stereocenters. The van der Waals surface area contributed by atoms with Crippen LogP contribution in [0.5, 0.6) is 0 Å². The van der Waals surface area contributed by atoms with Crippen LogP contribution in [0.1, 0.15) is 5.56 Å². The lowest BCUT2D eigenvalue weighted by atomic mass is 10.2. The SMILES string of the molecule is C=Cc1ccc2c(c1)ncn2COCC[Si](C)(C)C. The van der Waals surface area contributed by atoms with E-state index in [9.17, 15) is 0 Å². The molecule has 0 N–H and O–H groups in total. The van der Waals surface area contributed by atoms with E-state index in [2.05, 4.69) is 43.3 Å². The number of aromatic nitrogens is 2. The third-order valence-electron chi connectivity index (χ3n) is 3.11. The summed E-state index contributed by atoms with van der Waals surface area (Å²) in [5.41, 5.74) is 3.20. The second-order valence-corrected chi connectivity index (χ2v) is 11.6. The Morgan fingerprint density at radius 3 is 2.84 bits per heavy atom. The second kappa shape index (κ2) is 5.71. The lowest BCUT2D eigenvalue weighted by molar-refractivity contribution is 0.0898. The Kier molecular flexibility index (Phi) is 4.22. The zero-order chi connectivity index (χ0) is 13.9. The molecule has 0 saturated heterocycles. The van der Waals surface area contributed by atoms with Crippen LogP contribution < -0.4 is 0 Å². The van der Waals surface area contributed by atoms with Crippen LogP contribution in [0.3, 0.4) is 0 Å². The summed E-state index contributed by atoms with van der Waals surface area (Å²) in [6.45, 7) is 12.3. The molecule has 0 aliphatic heterocycles. The van der Waals surface area contributed by atoms with Gasteiger partial charge in [0.15, 0.2) is 0 Å². The van der Waals surface area contributed by atoms with Crippen LogP contribution >= 0.6 is 0 Å². The van der Waals surface area contributed by atoms with Gasteiger partial charge in [-0.3, -0.25) is 0 Å². The Labute approximate surface area is 115 Å². The molecule has 19 heavy (non-hydrogen) atoms. The predicted molar refractivity (Wildman–Crippen MR) is 83.9 cm³/mol. The Bertz CT molecular complexity index is 569. The van der Waals surface area contributed by atoms with Crippen molar-refractivity contribution in [1.82, 2.24) is 9.55 Å². The summed E-state index contributed by atoms with van der Waals surface area (Å²) in [5, 5.41) is 0. The standard InChI is InChI=1S/C15H22N2OSi/c1-5-13-6-7-15-14(10-13)16-11-17(15)12-18-8-9-19(2,3)4/h5-7,10-11H,1,8-9,12H2,2-4H3. The van der Waals surface area contributed by atoms with Gasteiger partial charge in [0.05, 0.1) is 17.4 Å². The maximum Gasteiger partial charge on any atom is 0.124 e. The van der Waals surface area contributed by atoms with Crippen molar-refractivity contribution in [2.45, 2.75) is 32.4 Å². The average molecular weight is 274 g/mol. The van der Waals surface area contributed by atoms with Gasteiger partial charge in [0, 0.05) is 14.7 Å². The number of nitrogens with zero attached hydrogens (tertiary/aromatic N) is 2. The van der Waals surface area contributed by atoms with Crippen LogP contribution in [0.15, 0.2) is 31.1 Å². The van der Waals surface area contributed by atoms with Crippen molar-refractivity contribution in [1.29, 1.82) is 0 Å². The number of imidazole rings is 1. The van der Waals surface area contributed by atoms with Crippen molar-refractivity contribution in [3.8, 4) is 0 Å². The molecule has 1 aromatic carbocycles. The Balaban J connectivity index is 2.00. The van der Waals surface area contributed by atoms with E-state index in [4.69, 9.17) is 4.74 Å². The molecular formula is C15H22N2OSi. The fraction of sp³-hybridized carbons (Fsp3) is 0.400. The van der Waals surface area contributed by atoms with Crippen molar-refractivity contribution < 1.29 is 4.74 Å². The molecule has 102 valence electrons. The van der Waals surface area contributed by atoms with Crippen LogP contribution in [0.4, 0.5) is 0 Å². The molecule has 4 heteroatoms. The number of benzene rings is 1. The van der Waals surface area contributed by atoms with Gasteiger partial charge in [-0.25, -0.2) is 4.98 Å². The van der Waals surface area contributed by atoms with Crippen molar-refractivity contribution >= 4 is 25.2 Å². The third kappa shape index (κ3) is 3.78. The molecule has 0 unspecified atom stereocenters. The number of hydrogen-bond acceptors (Lipinski definition) is 2. The van der Waals surface area contributed by atoms with Crippen molar-refractivity contribution in [3.05, 3.63) is 36.7 Å². The van der Waals surface area contributed by atoms with Crippen molar-refractivity contribution in [2.75, 3.05) is 6.61 Å². The summed E-state index contributed by atoms with van der Waals surface area (Å²) in [6, 6.07) is 7.36. The average Bonchev–Trinajstić information content (AvgIpc) is 2.75. The van der Waals surface area contributed by atoms with E-state index in [0.29, 0.717) is 6.73 Å². The number of ether oxygens (including phenoxy) is 1. The minimum Gasteiger partial charge on any atom is -0.361 e. The van der Waals surface area contributed by atoms with Gasteiger partial charge in [-0.2, -0.15) is 0 Å². The molecule has 1 aromatic heterocycles. The van der Waals surface area contributed by atoms with Crippen LogP contribution in [0.25, 0.3) is 17.1 Å². The fourth-order valence-electron chi connectivity index (χ4n) is 1.85. The minimum atomic E-state index is -1.01. The predicted octanol–water partition coefficient (Wildman–Crippen LogP) is 3.99. The van der Waals surface area contributed by atoms with Crippen molar-refractivity contribution in [2.24, 2.45) is 0 Å². The first-order chi connectivity index (χ1) is 8.99. The summed E-state index contributed by atoms with van der Waals surface area (Å²) in [7, 11) is -1.01. The molecule has 0 spiro atoms. The Morgan fingerprint density at radius 2 is 2.16 bits per heavy atom. The monoisotopic (exact) mass is 274 g/mol. The van der Waals surface area contributed by atoms with E-state index in [1.165, 1.54) is 6.04 Å². The highest BCUT2D eigenvalue weighted by Gasteiger charge is 2.12. The molecule has 0 radical (unpaired) electrons. The highest BCUT2D eigenvalue weighted by Crippen LogP contribution is 2.16. The van der Waals surface area contributed by atoms with E-state index >= 15 is 0 Å². The summed E-state index contributed by atoms with van der Waals surface area (Å²) in [5.74, 6) is 0. The molecule has 0 aliphatic rings. The van der Waals surface area contributed by atoms with E-state index in [1.54, 1.807) is 0 Å². The molecular weight excluding hydrogens is 252 g/mol. The van der Waals surface area contributed by atoms with Gasteiger partial charge in [0.25, 0.3) is 0 Å². The normalized spacial score (nSPS) is 11.9. The smallest absolute Gasteiger partial charge is 0.124 e. The number of hydrogen-bond donors (Lipinski definition) is 0. The van der Waals surface area contributed by atoms with Gasteiger partial charge in [-0.1, -0.05) is 38.4 Å². The molecule has 0 amide bonds. The fourth-order valence-corrected chi connectivity index (χ4v) is 2.61. The third-order valence-corrected chi connectivity index (χ3v) is 4.81. The van der Waals surface area contributed by atoms with Crippen LogP contribution in [-0.4, -0.2) is 24.2 Å². The van der Waals surface area contributed by atoms with E-state index in [1.807, 2.05) is 23.0 Å². The highest BCUT2D eigenvalue weighted by molar-refractivity contribution is 6.76. The second-order valence-electron chi connectivity index (χ2n) is 6.01. The molecule has 2 aromatic rings. The van der Waals surface area contributed by atoms with Gasteiger partial charge in [-0.15, -0.1) is 0 Å². The quantitative estimate of drug-likeness (QED) is 0.588. The topological polar surface area (TPSA) is 27.1 Å². The molecule has 3 nitrogen and oxygen atoms in total. The maximum absolute atomic E-state index is 5.76. The maximum atomic E-state index is 5.76. The van der Waals surface area contributed by atoms with Gasteiger partial charge < -0.3 is 9.30 Å². The van der Waals surface area contributed by atoms with Gasteiger partial charge >= 0.3 is 0 Å². The number of rotatable bonds is 6. The molecule has 1 heterocycles.